The van der Waals surface area contributed by atoms with Crippen LogP contribution in [-0.4, -0.2) is 12.5 Å². The SMILES string of the molecule is O=C1Nc2c(F)cc(C3=CCCCN3)cc2C12CC2. The predicted molar refractivity (Wildman–Crippen MR) is 71.2 cm³/mol. The summed E-state index contributed by atoms with van der Waals surface area (Å²) >= 11 is 0. The Labute approximate surface area is 110 Å². The molecule has 0 saturated heterocycles. The molecule has 2 N–H and O–H groups in total. The lowest BCUT2D eigenvalue weighted by atomic mass is 9.94. The van der Waals surface area contributed by atoms with Crippen molar-refractivity contribution in [3.63, 3.8) is 0 Å². The van der Waals surface area contributed by atoms with Gasteiger partial charge in [-0.15, -0.1) is 0 Å². The van der Waals surface area contributed by atoms with E-state index in [9.17, 15) is 9.18 Å². The zero-order chi connectivity index (χ0) is 13.0. The molecule has 3 nitrogen and oxygen atoms in total. The van der Waals surface area contributed by atoms with Crippen molar-refractivity contribution in [1.29, 1.82) is 0 Å². The summed E-state index contributed by atoms with van der Waals surface area (Å²) in [7, 11) is 0. The van der Waals surface area contributed by atoms with Gasteiger partial charge < -0.3 is 10.6 Å². The zero-order valence-corrected chi connectivity index (χ0v) is 10.6. The Morgan fingerprint density at radius 1 is 1.26 bits per heavy atom. The van der Waals surface area contributed by atoms with E-state index in [4.69, 9.17) is 0 Å². The minimum atomic E-state index is -0.429. The Morgan fingerprint density at radius 3 is 2.79 bits per heavy atom. The first-order valence-corrected chi connectivity index (χ1v) is 6.81. The van der Waals surface area contributed by atoms with Crippen molar-refractivity contribution in [2.45, 2.75) is 31.1 Å². The molecule has 4 rings (SSSR count). The molecule has 1 saturated carbocycles. The Hall–Kier alpha value is -1.84. The van der Waals surface area contributed by atoms with Gasteiger partial charge in [-0.2, -0.15) is 0 Å². The van der Waals surface area contributed by atoms with Crippen molar-refractivity contribution in [3.05, 3.63) is 35.2 Å². The number of allylic oxidation sites excluding steroid dienone is 1. The van der Waals surface area contributed by atoms with Crippen LogP contribution in [0.5, 0.6) is 0 Å². The zero-order valence-electron chi connectivity index (χ0n) is 10.6. The van der Waals surface area contributed by atoms with Crippen LogP contribution in [0, 0.1) is 5.82 Å². The molecule has 1 aromatic rings. The molecule has 0 unspecified atom stereocenters. The Bertz CT molecular complexity index is 617. The maximum atomic E-state index is 14.2. The molecule has 0 bridgehead atoms. The van der Waals surface area contributed by atoms with Crippen molar-refractivity contribution >= 4 is 17.3 Å². The highest BCUT2D eigenvalue weighted by molar-refractivity contribution is 6.08. The molecule has 1 aromatic carbocycles. The molecule has 2 heterocycles. The van der Waals surface area contributed by atoms with E-state index in [1.807, 2.05) is 6.07 Å². The maximum Gasteiger partial charge on any atom is 0.235 e. The summed E-state index contributed by atoms with van der Waals surface area (Å²) in [4.78, 5) is 11.9. The molecule has 98 valence electrons. The van der Waals surface area contributed by atoms with Crippen LogP contribution in [0.4, 0.5) is 10.1 Å². The van der Waals surface area contributed by atoms with Gasteiger partial charge in [-0.1, -0.05) is 6.08 Å². The molecule has 3 aliphatic rings. The summed E-state index contributed by atoms with van der Waals surface area (Å²) in [5.74, 6) is -0.359. The number of halogens is 1. The van der Waals surface area contributed by atoms with Crippen molar-refractivity contribution < 1.29 is 9.18 Å². The Kier molecular flexibility index (Phi) is 2.08. The number of hydrogen-bond acceptors (Lipinski definition) is 2. The molecule has 0 radical (unpaired) electrons. The average molecular weight is 258 g/mol. The molecule has 0 atom stereocenters. The van der Waals surface area contributed by atoms with Crippen LogP contribution in [0.1, 0.15) is 36.8 Å². The van der Waals surface area contributed by atoms with E-state index >= 15 is 0 Å². The van der Waals surface area contributed by atoms with Gasteiger partial charge >= 0.3 is 0 Å². The molecule has 1 amide bonds. The smallest absolute Gasteiger partial charge is 0.235 e. The van der Waals surface area contributed by atoms with Crippen molar-refractivity contribution in [3.8, 4) is 0 Å². The number of fused-ring (bicyclic) bond motifs is 2. The highest BCUT2D eigenvalue weighted by Gasteiger charge is 2.57. The summed E-state index contributed by atoms with van der Waals surface area (Å²) in [5.41, 5.74) is 2.66. The molecule has 19 heavy (non-hydrogen) atoms. The molecule has 1 aliphatic carbocycles. The molecular weight excluding hydrogens is 243 g/mol. The molecular formula is C15H15FN2O. The number of anilines is 1. The fourth-order valence-corrected chi connectivity index (χ4v) is 3.11. The van der Waals surface area contributed by atoms with Gasteiger partial charge in [0.1, 0.15) is 5.82 Å². The topological polar surface area (TPSA) is 41.1 Å². The third-order valence-corrected chi connectivity index (χ3v) is 4.38. The number of carbonyl (C=O) groups excluding carboxylic acids is 1. The van der Waals surface area contributed by atoms with Crippen LogP contribution in [0.25, 0.3) is 5.70 Å². The van der Waals surface area contributed by atoms with E-state index in [0.29, 0.717) is 5.69 Å². The number of nitrogens with one attached hydrogen (secondary N) is 2. The quantitative estimate of drug-likeness (QED) is 0.812. The van der Waals surface area contributed by atoms with Gasteiger partial charge in [0.15, 0.2) is 0 Å². The summed E-state index contributed by atoms with van der Waals surface area (Å²) in [5, 5.41) is 6.00. The largest absolute Gasteiger partial charge is 0.385 e. The first kappa shape index (κ1) is 11.0. The lowest BCUT2D eigenvalue weighted by Crippen LogP contribution is -2.19. The van der Waals surface area contributed by atoms with E-state index in [1.165, 1.54) is 6.07 Å². The van der Waals surface area contributed by atoms with Crippen LogP contribution >= 0.6 is 0 Å². The third-order valence-electron chi connectivity index (χ3n) is 4.38. The minimum absolute atomic E-state index is 0.0378. The summed E-state index contributed by atoms with van der Waals surface area (Å²) in [6, 6.07) is 3.50. The first-order chi connectivity index (χ1) is 9.21. The number of rotatable bonds is 1. The van der Waals surface area contributed by atoms with Gasteiger partial charge in [0.25, 0.3) is 0 Å². The maximum absolute atomic E-state index is 14.2. The van der Waals surface area contributed by atoms with Crippen LogP contribution < -0.4 is 10.6 Å². The second-order valence-electron chi connectivity index (χ2n) is 5.60. The van der Waals surface area contributed by atoms with E-state index in [1.54, 1.807) is 0 Å². The fourth-order valence-electron chi connectivity index (χ4n) is 3.11. The van der Waals surface area contributed by atoms with Gasteiger partial charge in [-0.3, -0.25) is 4.79 Å². The van der Waals surface area contributed by atoms with Crippen molar-refractivity contribution in [2.75, 3.05) is 11.9 Å². The number of hydrogen-bond donors (Lipinski definition) is 2. The van der Waals surface area contributed by atoms with Crippen LogP contribution in [0.15, 0.2) is 18.2 Å². The van der Waals surface area contributed by atoms with Crippen LogP contribution in [0.3, 0.4) is 0 Å². The van der Waals surface area contributed by atoms with E-state index in [0.717, 1.165) is 49.1 Å². The van der Waals surface area contributed by atoms with Gasteiger partial charge in [0, 0.05) is 17.8 Å². The molecule has 1 spiro atoms. The molecule has 1 fully saturated rings. The Morgan fingerprint density at radius 2 is 2.11 bits per heavy atom. The van der Waals surface area contributed by atoms with E-state index in [-0.39, 0.29) is 11.7 Å². The highest BCUT2D eigenvalue weighted by atomic mass is 19.1. The number of amides is 1. The monoisotopic (exact) mass is 258 g/mol. The second kappa shape index (κ2) is 3.59. The van der Waals surface area contributed by atoms with Gasteiger partial charge in [0.2, 0.25) is 5.91 Å². The summed E-state index contributed by atoms with van der Waals surface area (Å²) in [6.45, 7) is 0.923. The predicted octanol–water partition coefficient (Wildman–Crippen LogP) is 2.53. The first-order valence-electron chi connectivity index (χ1n) is 6.81. The van der Waals surface area contributed by atoms with Gasteiger partial charge in [-0.05, 0) is 43.4 Å². The van der Waals surface area contributed by atoms with Crippen molar-refractivity contribution in [2.24, 2.45) is 0 Å². The molecule has 4 heteroatoms. The van der Waals surface area contributed by atoms with Gasteiger partial charge in [0.05, 0.1) is 11.1 Å². The Balaban J connectivity index is 1.84. The standard InChI is InChI=1S/C15H15FN2O/c16-11-8-9(12-3-1-2-6-17-12)7-10-13(11)18-14(19)15(10)4-5-15/h3,7-8,17H,1-2,4-6H2,(H,18,19). The highest BCUT2D eigenvalue weighted by Crippen LogP contribution is 2.56. The third kappa shape index (κ3) is 1.46. The van der Waals surface area contributed by atoms with Crippen LogP contribution in [-0.2, 0) is 10.2 Å². The lowest BCUT2D eigenvalue weighted by molar-refractivity contribution is -0.117. The lowest BCUT2D eigenvalue weighted by Gasteiger charge is -2.17. The summed E-state index contributed by atoms with van der Waals surface area (Å²) < 4.78 is 14.2. The second-order valence-corrected chi connectivity index (χ2v) is 5.60. The van der Waals surface area contributed by atoms with E-state index in [2.05, 4.69) is 16.7 Å². The van der Waals surface area contributed by atoms with Gasteiger partial charge in [-0.25, -0.2) is 4.39 Å². The summed E-state index contributed by atoms with van der Waals surface area (Å²) in [6.07, 6.45) is 5.90. The van der Waals surface area contributed by atoms with Crippen LogP contribution in [0.2, 0.25) is 0 Å². The number of carbonyl (C=O) groups is 1. The number of benzene rings is 1. The molecule has 2 aliphatic heterocycles. The normalized spacial score (nSPS) is 22.6. The van der Waals surface area contributed by atoms with Crippen molar-refractivity contribution in [1.82, 2.24) is 5.32 Å². The van der Waals surface area contributed by atoms with E-state index < -0.39 is 5.41 Å². The fraction of sp³-hybridized carbons (Fsp3) is 0.400. The minimum Gasteiger partial charge on any atom is -0.385 e. The average Bonchev–Trinajstić information content (AvgIpc) is 3.17. The molecule has 0 aromatic heterocycles.